The summed E-state index contributed by atoms with van der Waals surface area (Å²) in [5, 5.41) is 2.49. The number of rotatable bonds is 17. The van der Waals surface area contributed by atoms with E-state index in [2.05, 4.69) is 12.2 Å². The first-order chi connectivity index (χ1) is 17.1. The maximum absolute atomic E-state index is 12.6. The molecule has 0 aliphatic rings. The van der Waals surface area contributed by atoms with Gasteiger partial charge in [0, 0.05) is 0 Å². The van der Waals surface area contributed by atoms with E-state index in [0.29, 0.717) is 6.42 Å². The molecule has 0 radical (unpaired) electrons. The van der Waals surface area contributed by atoms with Crippen LogP contribution in [-0.2, 0) is 30.4 Å². The predicted molar refractivity (Wildman–Crippen MR) is 141 cm³/mol. The normalized spacial score (nSPS) is 12.9. The summed E-state index contributed by atoms with van der Waals surface area (Å²) in [6, 6.07) is 8.55. The standard InChI is InChI=1S/C29H47NO6/c1-6-7-8-9-10-11-12-13-17-20-25(21-26(31)34-22-24-18-15-14-16-19-24)35-27(32)23(2)30-28(33)36-29(3,4)5/h14-16,18-19,23,25H,6-13,17,20-22H2,1-5H3,(H,30,33)/t23-,25?/m0/s1. The minimum Gasteiger partial charge on any atom is -0.461 e. The third-order valence-corrected chi connectivity index (χ3v) is 5.64. The molecular weight excluding hydrogens is 458 g/mol. The number of benzene rings is 1. The van der Waals surface area contributed by atoms with Crippen molar-refractivity contribution in [3.63, 3.8) is 0 Å². The van der Waals surface area contributed by atoms with Gasteiger partial charge in [-0.2, -0.15) is 0 Å². The minimum atomic E-state index is -0.897. The van der Waals surface area contributed by atoms with Crippen molar-refractivity contribution in [2.75, 3.05) is 0 Å². The van der Waals surface area contributed by atoms with Crippen molar-refractivity contribution in [2.45, 2.75) is 130 Å². The van der Waals surface area contributed by atoms with E-state index in [4.69, 9.17) is 14.2 Å². The summed E-state index contributed by atoms with van der Waals surface area (Å²) < 4.78 is 16.2. The summed E-state index contributed by atoms with van der Waals surface area (Å²) in [5.41, 5.74) is 0.225. The third kappa shape index (κ3) is 16.2. The van der Waals surface area contributed by atoms with E-state index >= 15 is 0 Å². The Morgan fingerprint density at radius 1 is 0.889 bits per heavy atom. The van der Waals surface area contributed by atoms with Gasteiger partial charge in [0.25, 0.3) is 0 Å². The minimum absolute atomic E-state index is 0.0191. The molecule has 0 aromatic heterocycles. The topological polar surface area (TPSA) is 90.9 Å². The van der Waals surface area contributed by atoms with Crippen molar-refractivity contribution in [2.24, 2.45) is 0 Å². The van der Waals surface area contributed by atoms with Crippen molar-refractivity contribution in [1.29, 1.82) is 0 Å². The molecular formula is C29H47NO6. The average Bonchev–Trinajstić information content (AvgIpc) is 2.81. The van der Waals surface area contributed by atoms with Gasteiger partial charge in [-0.15, -0.1) is 0 Å². The third-order valence-electron chi connectivity index (χ3n) is 5.64. The largest absolute Gasteiger partial charge is 0.461 e. The summed E-state index contributed by atoms with van der Waals surface area (Å²) in [5.74, 6) is -1.02. The second-order valence-corrected chi connectivity index (χ2v) is 10.4. The summed E-state index contributed by atoms with van der Waals surface area (Å²) in [7, 11) is 0. The van der Waals surface area contributed by atoms with Gasteiger partial charge in [-0.25, -0.2) is 9.59 Å². The van der Waals surface area contributed by atoms with Gasteiger partial charge in [-0.3, -0.25) is 4.79 Å². The van der Waals surface area contributed by atoms with Crippen molar-refractivity contribution >= 4 is 18.0 Å². The molecule has 7 heteroatoms. The first-order valence-corrected chi connectivity index (χ1v) is 13.5. The van der Waals surface area contributed by atoms with Gasteiger partial charge in [0.05, 0.1) is 6.42 Å². The highest BCUT2D eigenvalue weighted by Crippen LogP contribution is 2.16. The van der Waals surface area contributed by atoms with Crippen LogP contribution in [0, 0.1) is 0 Å². The lowest BCUT2D eigenvalue weighted by Gasteiger charge is -2.23. The Labute approximate surface area is 217 Å². The molecule has 0 saturated heterocycles. The van der Waals surface area contributed by atoms with E-state index in [1.807, 2.05) is 30.3 Å². The Bertz CT molecular complexity index is 759. The van der Waals surface area contributed by atoms with Gasteiger partial charge in [0.15, 0.2) is 0 Å². The van der Waals surface area contributed by atoms with Gasteiger partial charge in [-0.05, 0) is 46.1 Å². The molecule has 1 rings (SSSR count). The maximum Gasteiger partial charge on any atom is 0.408 e. The Balaban J connectivity index is 2.53. The lowest BCUT2D eigenvalue weighted by atomic mass is 10.0. The Morgan fingerprint density at radius 2 is 1.47 bits per heavy atom. The number of alkyl carbamates (subject to hydrolysis) is 1. The van der Waals surface area contributed by atoms with Crippen LogP contribution in [0.2, 0.25) is 0 Å². The molecule has 1 N–H and O–H groups in total. The van der Waals surface area contributed by atoms with Crippen LogP contribution in [0.5, 0.6) is 0 Å². The zero-order valence-corrected chi connectivity index (χ0v) is 23.0. The fourth-order valence-corrected chi connectivity index (χ4v) is 3.68. The first-order valence-electron chi connectivity index (χ1n) is 13.5. The highest BCUT2D eigenvalue weighted by atomic mass is 16.6. The van der Waals surface area contributed by atoms with Crippen LogP contribution in [0.3, 0.4) is 0 Å². The van der Waals surface area contributed by atoms with E-state index in [9.17, 15) is 14.4 Å². The number of esters is 2. The Kier molecular flexibility index (Phi) is 15.6. The van der Waals surface area contributed by atoms with E-state index in [0.717, 1.165) is 24.8 Å². The van der Waals surface area contributed by atoms with Crippen LogP contribution in [-0.4, -0.2) is 35.8 Å². The lowest BCUT2D eigenvalue weighted by Crippen LogP contribution is -2.43. The molecule has 204 valence electrons. The lowest BCUT2D eigenvalue weighted by molar-refractivity contribution is -0.157. The zero-order valence-electron chi connectivity index (χ0n) is 23.0. The molecule has 1 aromatic rings. The first kappa shape index (κ1) is 31.5. The number of amides is 1. The van der Waals surface area contributed by atoms with E-state index < -0.39 is 35.8 Å². The van der Waals surface area contributed by atoms with Gasteiger partial charge < -0.3 is 19.5 Å². The van der Waals surface area contributed by atoms with Crippen LogP contribution in [0.1, 0.15) is 111 Å². The van der Waals surface area contributed by atoms with Crippen LogP contribution in [0.4, 0.5) is 4.79 Å². The quantitative estimate of drug-likeness (QED) is 0.141. The van der Waals surface area contributed by atoms with Gasteiger partial charge in [-0.1, -0.05) is 88.6 Å². The van der Waals surface area contributed by atoms with E-state index in [1.54, 1.807) is 20.8 Å². The molecule has 1 unspecified atom stereocenters. The average molecular weight is 506 g/mol. The summed E-state index contributed by atoms with van der Waals surface area (Å²) >= 11 is 0. The second kappa shape index (κ2) is 17.8. The molecule has 0 bridgehead atoms. The van der Waals surface area contributed by atoms with Crippen molar-refractivity contribution < 1.29 is 28.6 Å². The number of carbonyl (C=O) groups is 3. The van der Waals surface area contributed by atoms with Gasteiger partial charge >= 0.3 is 18.0 Å². The van der Waals surface area contributed by atoms with Crippen molar-refractivity contribution in [3.8, 4) is 0 Å². The van der Waals surface area contributed by atoms with Gasteiger partial charge in [0.1, 0.15) is 24.4 Å². The van der Waals surface area contributed by atoms with Crippen LogP contribution in [0.25, 0.3) is 0 Å². The van der Waals surface area contributed by atoms with Crippen LogP contribution < -0.4 is 5.32 Å². The zero-order chi connectivity index (χ0) is 26.8. The van der Waals surface area contributed by atoms with E-state index in [1.165, 1.54) is 45.4 Å². The predicted octanol–water partition coefficient (Wildman–Crippen LogP) is 6.87. The highest BCUT2D eigenvalue weighted by Gasteiger charge is 2.25. The highest BCUT2D eigenvalue weighted by molar-refractivity contribution is 5.81. The monoisotopic (exact) mass is 505 g/mol. The van der Waals surface area contributed by atoms with Crippen LogP contribution in [0.15, 0.2) is 30.3 Å². The molecule has 7 nitrogen and oxygen atoms in total. The molecule has 36 heavy (non-hydrogen) atoms. The number of ether oxygens (including phenoxy) is 3. The number of carbonyl (C=O) groups excluding carboxylic acids is 3. The molecule has 0 spiro atoms. The number of hydrogen-bond donors (Lipinski definition) is 1. The molecule has 1 amide bonds. The second-order valence-electron chi connectivity index (χ2n) is 10.4. The fraction of sp³-hybridized carbons (Fsp3) is 0.690. The Morgan fingerprint density at radius 3 is 2.06 bits per heavy atom. The SMILES string of the molecule is CCCCCCCCCCCC(CC(=O)OCc1ccccc1)OC(=O)[C@H](C)NC(=O)OC(C)(C)C. The Hall–Kier alpha value is -2.57. The molecule has 0 saturated carbocycles. The molecule has 0 aliphatic heterocycles. The number of hydrogen-bond acceptors (Lipinski definition) is 6. The van der Waals surface area contributed by atoms with Crippen LogP contribution >= 0.6 is 0 Å². The smallest absolute Gasteiger partial charge is 0.408 e. The number of unbranched alkanes of at least 4 members (excludes halogenated alkanes) is 8. The van der Waals surface area contributed by atoms with Gasteiger partial charge in [0.2, 0.25) is 0 Å². The summed E-state index contributed by atoms with van der Waals surface area (Å²) in [6.07, 6.45) is 9.84. The summed E-state index contributed by atoms with van der Waals surface area (Å²) in [6.45, 7) is 9.17. The molecule has 0 fully saturated rings. The molecule has 0 heterocycles. The van der Waals surface area contributed by atoms with Crippen molar-refractivity contribution in [1.82, 2.24) is 5.32 Å². The number of nitrogens with one attached hydrogen (secondary N) is 1. The van der Waals surface area contributed by atoms with E-state index in [-0.39, 0.29) is 13.0 Å². The summed E-state index contributed by atoms with van der Waals surface area (Å²) in [4.78, 5) is 37.1. The van der Waals surface area contributed by atoms with Crippen molar-refractivity contribution in [3.05, 3.63) is 35.9 Å². The fourth-order valence-electron chi connectivity index (χ4n) is 3.68. The molecule has 0 aliphatic carbocycles. The molecule has 1 aromatic carbocycles. The molecule has 2 atom stereocenters. The maximum atomic E-state index is 12.6.